The quantitative estimate of drug-likeness (QED) is 0.910. The molecule has 0 unspecified atom stereocenters. The second-order valence-corrected chi connectivity index (χ2v) is 6.36. The third-order valence-corrected chi connectivity index (χ3v) is 4.74. The van der Waals surface area contributed by atoms with Gasteiger partial charge in [-0.2, -0.15) is 0 Å². The summed E-state index contributed by atoms with van der Waals surface area (Å²) in [6.45, 7) is 6.01. The molecule has 23 heavy (non-hydrogen) atoms. The lowest BCUT2D eigenvalue weighted by Gasteiger charge is -2.39. The SMILES string of the molecule is Cc1cccc(NC(=O)N2CCC[C@@H](C3(C)OCCO3)C2)c1F. The number of halogens is 1. The minimum absolute atomic E-state index is 0.131. The normalized spacial score (nSPS) is 23.8. The van der Waals surface area contributed by atoms with Gasteiger partial charge in [-0.3, -0.25) is 0 Å². The molecular formula is C17H23FN2O3. The number of anilines is 1. The Morgan fingerprint density at radius 2 is 2.13 bits per heavy atom. The summed E-state index contributed by atoms with van der Waals surface area (Å²) in [5.74, 6) is -0.872. The fourth-order valence-corrected chi connectivity index (χ4v) is 3.29. The first-order valence-corrected chi connectivity index (χ1v) is 8.08. The van der Waals surface area contributed by atoms with Crippen LogP contribution < -0.4 is 5.32 Å². The van der Waals surface area contributed by atoms with Gasteiger partial charge in [-0.15, -0.1) is 0 Å². The summed E-state index contributed by atoms with van der Waals surface area (Å²) in [7, 11) is 0. The molecule has 0 aromatic heterocycles. The minimum atomic E-state index is -0.618. The van der Waals surface area contributed by atoms with E-state index in [0.717, 1.165) is 12.8 Å². The number of piperidine rings is 1. The molecule has 2 heterocycles. The first-order chi connectivity index (χ1) is 11.0. The fourth-order valence-electron chi connectivity index (χ4n) is 3.29. The molecule has 2 fully saturated rings. The van der Waals surface area contributed by atoms with Crippen molar-refractivity contribution >= 4 is 11.7 Å². The molecule has 0 saturated carbocycles. The Bertz CT molecular complexity index is 587. The molecule has 1 aromatic carbocycles. The van der Waals surface area contributed by atoms with Crippen LogP contribution in [0.4, 0.5) is 14.9 Å². The Kier molecular flexibility index (Phi) is 4.55. The predicted octanol–water partition coefficient (Wildman–Crippen LogP) is 3.14. The molecule has 1 aromatic rings. The first kappa shape index (κ1) is 16.2. The molecule has 3 rings (SSSR count). The molecule has 1 atom stereocenters. The van der Waals surface area contributed by atoms with Gasteiger partial charge in [0.05, 0.1) is 18.9 Å². The highest BCUT2D eigenvalue weighted by atomic mass is 19.1. The van der Waals surface area contributed by atoms with E-state index in [1.807, 2.05) is 6.92 Å². The van der Waals surface area contributed by atoms with Crippen molar-refractivity contribution in [3.8, 4) is 0 Å². The number of aryl methyl sites for hydroxylation is 1. The van der Waals surface area contributed by atoms with Crippen molar-refractivity contribution in [1.29, 1.82) is 0 Å². The van der Waals surface area contributed by atoms with Gasteiger partial charge >= 0.3 is 6.03 Å². The van der Waals surface area contributed by atoms with Crippen molar-refractivity contribution in [1.82, 2.24) is 4.90 Å². The average molecular weight is 322 g/mol. The monoisotopic (exact) mass is 322 g/mol. The number of rotatable bonds is 2. The molecule has 1 N–H and O–H groups in total. The van der Waals surface area contributed by atoms with Gasteiger partial charge in [-0.1, -0.05) is 12.1 Å². The molecule has 0 bridgehead atoms. The van der Waals surface area contributed by atoms with Crippen LogP contribution in [-0.2, 0) is 9.47 Å². The molecule has 0 aliphatic carbocycles. The third kappa shape index (κ3) is 3.33. The summed E-state index contributed by atoms with van der Waals surface area (Å²) in [4.78, 5) is 14.2. The Morgan fingerprint density at radius 3 is 2.87 bits per heavy atom. The molecular weight excluding hydrogens is 299 g/mol. The van der Waals surface area contributed by atoms with Crippen LogP contribution in [0.15, 0.2) is 18.2 Å². The number of amides is 2. The molecule has 6 heteroatoms. The number of likely N-dealkylation sites (tertiary alicyclic amines) is 1. The van der Waals surface area contributed by atoms with Crippen LogP contribution in [0, 0.1) is 18.7 Å². The van der Waals surface area contributed by atoms with E-state index in [2.05, 4.69) is 5.32 Å². The van der Waals surface area contributed by atoms with Crippen LogP contribution in [0.2, 0.25) is 0 Å². The zero-order chi connectivity index (χ0) is 16.4. The second kappa shape index (κ2) is 6.45. The van der Waals surface area contributed by atoms with Gasteiger partial charge in [0.15, 0.2) is 5.79 Å². The van der Waals surface area contributed by atoms with Gasteiger partial charge < -0.3 is 19.7 Å². The topological polar surface area (TPSA) is 50.8 Å². The highest BCUT2D eigenvalue weighted by molar-refractivity contribution is 5.89. The van der Waals surface area contributed by atoms with E-state index < -0.39 is 5.79 Å². The molecule has 5 nitrogen and oxygen atoms in total. The van der Waals surface area contributed by atoms with E-state index in [4.69, 9.17) is 9.47 Å². The first-order valence-electron chi connectivity index (χ1n) is 8.08. The zero-order valence-electron chi connectivity index (χ0n) is 13.6. The van der Waals surface area contributed by atoms with Crippen LogP contribution >= 0.6 is 0 Å². The highest BCUT2D eigenvalue weighted by Gasteiger charge is 2.42. The summed E-state index contributed by atoms with van der Waals surface area (Å²) in [6.07, 6.45) is 1.84. The van der Waals surface area contributed by atoms with Crippen molar-refractivity contribution in [2.45, 2.75) is 32.5 Å². The molecule has 0 spiro atoms. The molecule has 2 aliphatic heterocycles. The predicted molar refractivity (Wildman–Crippen MR) is 84.8 cm³/mol. The van der Waals surface area contributed by atoms with E-state index in [-0.39, 0.29) is 23.5 Å². The lowest BCUT2D eigenvalue weighted by molar-refractivity contribution is -0.189. The van der Waals surface area contributed by atoms with E-state index in [0.29, 0.717) is 31.9 Å². The Labute approximate surface area is 135 Å². The van der Waals surface area contributed by atoms with Crippen molar-refractivity contribution in [3.05, 3.63) is 29.6 Å². The smallest absolute Gasteiger partial charge is 0.321 e. The number of hydrogen-bond acceptors (Lipinski definition) is 3. The van der Waals surface area contributed by atoms with E-state index in [9.17, 15) is 9.18 Å². The summed E-state index contributed by atoms with van der Waals surface area (Å²) < 4.78 is 25.5. The van der Waals surface area contributed by atoms with Crippen molar-refractivity contribution in [2.24, 2.45) is 5.92 Å². The summed E-state index contributed by atoms with van der Waals surface area (Å²) in [5, 5.41) is 2.67. The zero-order valence-corrected chi connectivity index (χ0v) is 13.6. The summed E-state index contributed by atoms with van der Waals surface area (Å²) >= 11 is 0. The van der Waals surface area contributed by atoms with Gasteiger partial charge in [-0.25, -0.2) is 9.18 Å². The highest BCUT2D eigenvalue weighted by Crippen LogP contribution is 2.34. The number of carbonyl (C=O) groups excluding carboxylic acids is 1. The maximum Gasteiger partial charge on any atom is 0.321 e. The van der Waals surface area contributed by atoms with Gasteiger partial charge in [0.25, 0.3) is 0 Å². The molecule has 2 amide bonds. The van der Waals surface area contributed by atoms with E-state index >= 15 is 0 Å². The lowest BCUT2D eigenvalue weighted by atomic mass is 9.90. The molecule has 2 aliphatic rings. The van der Waals surface area contributed by atoms with Crippen molar-refractivity contribution < 1.29 is 18.7 Å². The summed E-state index contributed by atoms with van der Waals surface area (Å²) in [6, 6.07) is 4.71. The number of ether oxygens (including phenoxy) is 2. The maximum atomic E-state index is 14.0. The molecule has 126 valence electrons. The number of carbonyl (C=O) groups is 1. The third-order valence-electron chi connectivity index (χ3n) is 4.74. The number of urea groups is 1. The molecule has 2 saturated heterocycles. The lowest BCUT2D eigenvalue weighted by Crippen LogP contribution is -2.49. The number of nitrogens with one attached hydrogen (secondary N) is 1. The Hall–Kier alpha value is -1.66. The summed E-state index contributed by atoms with van der Waals surface area (Å²) in [5.41, 5.74) is 0.733. The Morgan fingerprint density at radius 1 is 1.39 bits per heavy atom. The number of benzene rings is 1. The standard InChI is InChI=1S/C17H23FN2O3/c1-12-5-3-7-14(15(12)18)19-16(21)20-8-4-6-13(11-20)17(2)22-9-10-23-17/h3,5,7,13H,4,6,8-11H2,1-2H3,(H,19,21)/t13-/m1/s1. The van der Waals surface area contributed by atoms with Crippen LogP contribution in [0.1, 0.15) is 25.3 Å². The minimum Gasteiger partial charge on any atom is -0.347 e. The largest absolute Gasteiger partial charge is 0.347 e. The van der Waals surface area contributed by atoms with Crippen molar-refractivity contribution in [2.75, 3.05) is 31.6 Å². The van der Waals surface area contributed by atoms with Gasteiger partial charge in [0, 0.05) is 19.0 Å². The molecule has 0 radical (unpaired) electrons. The van der Waals surface area contributed by atoms with E-state index in [1.165, 1.54) is 0 Å². The van der Waals surface area contributed by atoms with Gasteiger partial charge in [0.1, 0.15) is 5.82 Å². The number of hydrogen-bond donors (Lipinski definition) is 1. The number of nitrogens with zero attached hydrogens (tertiary/aromatic N) is 1. The van der Waals surface area contributed by atoms with Gasteiger partial charge in [0.2, 0.25) is 0 Å². The average Bonchev–Trinajstić information content (AvgIpc) is 3.00. The van der Waals surface area contributed by atoms with Crippen LogP contribution in [0.5, 0.6) is 0 Å². The van der Waals surface area contributed by atoms with Crippen molar-refractivity contribution in [3.63, 3.8) is 0 Å². The van der Waals surface area contributed by atoms with Crippen LogP contribution in [-0.4, -0.2) is 43.0 Å². The second-order valence-electron chi connectivity index (χ2n) is 6.36. The maximum absolute atomic E-state index is 14.0. The fraction of sp³-hybridized carbons (Fsp3) is 0.588. The van der Waals surface area contributed by atoms with E-state index in [1.54, 1.807) is 30.0 Å². The van der Waals surface area contributed by atoms with Crippen LogP contribution in [0.3, 0.4) is 0 Å². The Balaban J connectivity index is 1.66. The van der Waals surface area contributed by atoms with Gasteiger partial charge in [-0.05, 0) is 38.3 Å². The van der Waals surface area contributed by atoms with Crippen LogP contribution in [0.25, 0.3) is 0 Å².